The molecule has 0 atom stereocenters. The zero-order valence-corrected chi connectivity index (χ0v) is 19.4. The first kappa shape index (κ1) is 23.6. The van der Waals surface area contributed by atoms with E-state index in [-0.39, 0.29) is 58.9 Å². The van der Waals surface area contributed by atoms with Crippen molar-refractivity contribution in [2.24, 2.45) is 0 Å². The summed E-state index contributed by atoms with van der Waals surface area (Å²) in [5, 5.41) is 4.08. The minimum Gasteiger partial charge on any atom is -0.304 e. The smallest absolute Gasteiger partial charge is 0.279 e. The highest BCUT2D eigenvalue weighted by Crippen LogP contribution is 2.34. The monoisotopic (exact) mass is 516 g/mol. The molecule has 1 aliphatic heterocycles. The maximum atomic E-state index is 14.8. The summed E-state index contributed by atoms with van der Waals surface area (Å²) in [6, 6.07) is 5.21. The number of fused-ring (bicyclic) bond motifs is 1. The molecular weight excluding hydrogens is 501 g/mol. The topological polar surface area (TPSA) is 94.4 Å². The molecule has 0 spiro atoms. The summed E-state index contributed by atoms with van der Waals surface area (Å²) in [6.07, 6.45) is 2.56. The Kier molecular flexibility index (Phi) is 6.41. The molecule has 174 valence electrons. The number of nitrogens with zero attached hydrogens (tertiary/aromatic N) is 4. The number of pyridine rings is 1. The Bertz CT molecular complexity index is 1360. The summed E-state index contributed by atoms with van der Waals surface area (Å²) in [4.78, 5) is 18.3. The summed E-state index contributed by atoms with van der Waals surface area (Å²) < 4.78 is 57.4. The molecule has 0 bridgehead atoms. The van der Waals surface area contributed by atoms with Gasteiger partial charge in [0.2, 0.25) is 0 Å². The van der Waals surface area contributed by atoms with Crippen LogP contribution < -0.4 is 4.90 Å². The van der Waals surface area contributed by atoms with Gasteiger partial charge in [-0.1, -0.05) is 23.2 Å². The molecule has 0 saturated carbocycles. The molecule has 1 aliphatic rings. The number of amides is 1. The van der Waals surface area contributed by atoms with Gasteiger partial charge in [0.05, 0.1) is 35.8 Å². The molecule has 3 aromatic rings. The van der Waals surface area contributed by atoms with Crippen molar-refractivity contribution >= 4 is 44.9 Å². The van der Waals surface area contributed by atoms with Crippen LogP contribution in [0, 0.1) is 11.6 Å². The molecule has 0 aliphatic carbocycles. The van der Waals surface area contributed by atoms with Crippen molar-refractivity contribution in [1.82, 2.24) is 14.8 Å². The van der Waals surface area contributed by atoms with E-state index in [4.69, 9.17) is 27.4 Å². The van der Waals surface area contributed by atoms with Crippen molar-refractivity contribution in [3.05, 3.63) is 74.8 Å². The Balaban J connectivity index is 1.66. The van der Waals surface area contributed by atoms with Crippen molar-refractivity contribution in [3.8, 4) is 0 Å². The molecule has 1 aromatic carbocycles. The van der Waals surface area contributed by atoms with E-state index in [9.17, 15) is 22.0 Å². The SMILES string of the molecule is CS(=O)(=O)OCc1cc(Cl)c(F)c(N2CCc3c(nn(Cc4ncccc4F)c3Cl)C2=O)c1. The van der Waals surface area contributed by atoms with Gasteiger partial charge in [-0.05, 0) is 36.2 Å². The van der Waals surface area contributed by atoms with Gasteiger partial charge in [0.15, 0.2) is 11.5 Å². The van der Waals surface area contributed by atoms with Crippen LogP contribution in [0.2, 0.25) is 10.2 Å². The van der Waals surface area contributed by atoms with Crippen LogP contribution in [0.3, 0.4) is 0 Å². The molecule has 0 unspecified atom stereocenters. The number of hydrogen-bond acceptors (Lipinski definition) is 6. The number of rotatable bonds is 6. The maximum Gasteiger partial charge on any atom is 0.279 e. The van der Waals surface area contributed by atoms with Crippen LogP contribution in [0.25, 0.3) is 0 Å². The molecule has 0 N–H and O–H groups in total. The van der Waals surface area contributed by atoms with Crippen LogP contribution in [0.4, 0.5) is 14.5 Å². The number of hydrogen-bond donors (Lipinski definition) is 0. The van der Waals surface area contributed by atoms with E-state index in [1.807, 2.05) is 0 Å². The minimum atomic E-state index is -3.74. The van der Waals surface area contributed by atoms with E-state index in [0.717, 1.165) is 11.2 Å². The van der Waals surface area contributed by atoms with E-state index < -0.39 is 27.7 Å². The van der Waals surface area contributed by atoms with Crippen LogP contribution in [0.15, 0.2) is 30.5 Å². The molecule has 0 radical (unpaired) electrons. The number of halogens is 4. The second-order valence-electron chi connectivity index (χ2n) is 7.29. The van der Waals surface area contributed by atoms with Crippen molar-refractivity contribution in [2.75, 3.05) is 17.7 Å². The number of anilines is 1. The van der Waals surface area contributed by atoms with Gasteiger partial charge in [0.1, 0.15) is 11.0 Å². The first-order chi connectivity index (χ1) is 15.5. The Labute approximate surface area is 197 Å². The lowest BCUT2D eigenvalue weighted by molar-refractivity contribution is 0.0974. The first-order valence-corrected chi connectivity index (χ1v) is 12.1. The van der Waals surface area contributed by atoms with Crippen LogP contribution in [-0.4, -0.2) is 41.9 Å². The summed E-state index contributed by atoms with van der Waals surface area (Å²) in [6.45, 7) is -0.404. The van der Waals surface area contributed by atoms with Gasteiger partial charge in [-0.2, -0.15) is 13.5 Å². The molecule has 2 aromatic heterocycles. The fourth-order valence-electron chi connectivity index (χ4n) is 3.42. The van der Waals surface area contributed by atoms with Crippen molar-refractivity contribution in [2.45, 2.75) is 19.6 Å². The molecular formula is C20H16Cl2F2N4O4S. The molecule has 13 heteroatoms. The van der Waals surface area contributed by atoms with Crippen molar-refractivity contribution in [1.29, 1.82) is 0 Å². The Hall–Kier alpha value is -2.60. The number of aromatic nitrogens is 3. The van der Waals surface area contributed by atoms with Crippen LogP contribution >= 0.6 is 23.2 Å². The van der Waals surface area contributed by atoms with Gasteiger partial charge >= 0.3 is 0 Å². The molecule has 4 rings (SSSR count). The Morgan fingerprint density at radius 3 is 2.70 bits per heavy atom. The lowest BCUT2D eigenvalue weighted by Gasteiger charge is -2.27. The van der Waals surface area contributed by atoms with Crippen LogP contribution in [-0.2, 0) is 33.9 Å². The van der Waals surface area contributed by atoms with Crippen LogP contribution in [0.5, 0.6) is 0 Å². The van der Waals surface area contributed by atoms with Gasteiger partial charge in [-0.15, -0.1) is 0 Å². The molecule has 3 heterocycles. The van der Waals surface area contributed by atoms with E-state index in [1.165, 1.54) is 35.1 Å². The third-order valence-corrected chi connectivity index (χ3v) is 6.19. The second kappa shape index (κ2) is 8.98. The fraction of sp³-hybridized carbons (Fsp3) is 0.250. The third-order valence-electron chi connectivity index (χ3n) is 4.95. The Morgan fingerprint density at radius 2 is 2.00 bits per heavy atom. The summed E-state index contributed by atoms with van der Waals surface area (Å²) >= 11 is 12.3. The molecule has 0 saturated heterocycles. The van der Waals surface area contributed by atoms with Gasteiger partial charge < -0.3 is 4.90 Å². The highest BCUT2D eigenvalue weighted by atomic mass is 35.5. The van der Waals surface area contributed by atoms with Gasteiger partial charge in [-0.25, -0.2) is 13.5 Å². The predicted molar refractivity (Wildman–Crippen MR) is 117 cm³/mol. The van der Waals surface area contributed by atoms with Gasteiger partial charge in [0.25, 0.3) is 16.0 Å². The quantitative estimate of drug-likeness (QED) is 0.464. The standard InChI is InChI=1S/C20H16Cl2F2N4O4S/c1-33(30,31)32-10-11-7-13(21)17(24)16(8-11)27-6-4-12-18(20(27)29)26-28(19(12)22)9-15-14(23)3-2-5-25-15/h2-3,5,7-8H,4,6,9-10H2,1H3. The number of carbonyl (C=O) groups excluding carboxylic acids is 1. The maximum absolute atomic E-state index is 14.8. The van der Waals surface area contributed by atoms with Crippen LogP contribution in [0.1, 0.15) is 27.3 Å². The highest BCUT2D eigenvalue weighted by Gasteiger charge is 2.33. The summed E-state index contributed by atoms with van der Waals surface area (Å²) in [5.41, 5.74) is 0.662. The van der Waals surface area contributed by atoms with Crippen molar-refractivity contribution in [3.63, 3.8) is 0 Å². The normalized spacial score (nSPS) is 14.0. The lowest BCUT2D eigenvalue weighted by Crippen LogP contribution is -2.38. The number of carbonyl (C=O) groups is 1. The first-order valence-electron chi connectivity index (χ1n) is 9.54. The van der Waals surface area contributed by atoms with E-state index >= 15 is 0 Å². The zero-order valence-electron chi connectivity index (χ0n) is 17.1. The molecule has 33 heavy (non-hydrogen) atoms. The third kappa shape index (κ3) is 4.86. The number of benzene rings is 1. The van der Waals surface area contributed by atoms with E-state index in [1.54, 1.807) is 0 Å². The largest absolute Gasteiger partial charge is 0.304 e. The lowest BCUT2D eigenvalue weighted by atomic mass is 10.1. The zero-order chi connectivity index (χ0) is 23.9. The van der Waals surface area contributed by atoms with Crippen molar-refractivity contribution < 1.29 is 26.2 Å². The molecule has 8 nitrogen and oxygen atoms in total. The Morgan fingerprint density at radius 1 is 1.24 bits per heavy atom. The van der Waals surface area contributed by atoms with Gasteiger partial charge in [0, 0.05) is 18.3 Å². The van der Waals surface area contributed by atoms with E-state index in [0.29, 0.717) is 5.56 Å². The summed E-state index contributed by atoms with van der Waals surface area (Å²) in [7, 11) is -3.74. The van der Waals surface area contributed by atoms with Gasteiger partial charge in [-0.3, -0.25) is 14.0 Å². The van der Waals surface area contributed by atoms with E-state index in [2.05, 4.69) is 10.1 Å². The molecule has 1 amide bonds. The highest BCUT2D eigenvalue weighted by molar-refractivity contribution is 7.85. The fourth-order valence-corrected chi connectivity index (χ4v) is 4.29. The summed E-state index contributed by atoms with van der Waals surface area (Å²) in [5.74, 6) is -2.02. The average molecular weight is 517 g/mol. The second-order valence-corrected chi connectivity index (χ2v) is 9.70. The average Bonchev–Trinajstić information content (AvgIpc) is 3.07. The molecule has 0 fully saturated rings. The minimum absolute atomic E-state index is 0.00380. The predicted octanol–water partition coefficient (Wildman–Crippen LogP) is 3.59.